The number of amides is 1. The van der Waals surface area contributed by atoms with Gasteiger partial charge in [-0.15, -0.1) is 0 Å². The van der Waals surface area contributed by atoms with Crippen LogP contribution in [0.3, 0.4) is 0 Å². The highest BCUT2D eigenvalue weighted by Crippen LogP contribution is 2.24. The van der Waals surface area contributed by atoms with Gasteiger partial charge in [-0.3, -0.25) is 9.89 Å². The Morgan fingerprint density at radius 3 is 2.47 bits per heavy atom. The van der Waals surface area contributed by atoms with Gasteiger partial charge >= 0.3 is 0 Å². The second kappa shape index (κ2) is 8.85. The molecule has 0 saturated carbocycles. The van der Waals surface area contributed by atoms with Crippen LogP contribution in [0.2, 0.25) is 0 Å². The average Bonchev–Trinajstić information content (AvgIpc) is 3.32. The molecular formula is C26H27N5O. The monoisotopic (exact) mass is 425 g/mol. The van der Waals surface area contributed by atoms with E-state index in [1.165, 1.54) is 0 Å². The molecule has 2 heterocycles. The Morgan fingerprint density at radius 1 is 1.00 bits per heavy atom. The van der Waals surface area contributed by atoms with Crippen LogP contribution < -0.4 is 11.1 Å². The zero-order valence-corrected chi connectivity index (χ0v) is 17.9. The fourth-order valence-corrected chi connectivity index (χ4v) is 4.37. The zero-order chi connectivity index (χ0) is 21.9. The molecule has 0 spiro atoms. The molecule has 0 aliphatic carbocycles. The largest absolute Gasteiger partial charge is 0.382 e. The van der Waals surface area contributed by atoms with Crippen molar-refractivity contribution < 1.29 is 4.79 Å². The summed E-state index contributed by atoms with van der Waals surface area (Å²) in [6.45, 7) is 1.42. The number of nitrogens with zero attached hydrogens (tertiary/aromatic N) is 2. The van der Waals surface area contributed by atoms with Crippen LogP contribution in [0, 0.1) is 0 Å². The minimum Gasteiger partial charge on any atom is -0.382 e. The smallest absolute Gasteiger partial charge is 0.244 e. The number of fused-ring (bicyclic) bond motifs is 1. The van der Waals surface area contributed by atoms with Crippen LogP contribution in [0.1, 0.15) is 24.4 Å². The number of nitrogens with two attached hydrogens (primary N) is 1. The van der Waals surface area contributed by atoms with Crippen molar-refractivity contribution in [2.45, 2.75) is 24.9 Å². The third-order valence-corrected chi connectivity index (χ3v) is 6.26. The molecule has 3 aromatic carbocycles. The van der Waals surface area contributed by atoms with Crippen molar-refractivity contribution in [3.63, 3.8) is 0 Å². The third-order valence-electron chi connectivity index (χ3n) is 6.26. The van der Waals surface area contributed by atoms with Crippen molar-refractivity contribution in [1.29, 1.82) is 0 Å². The topological polar surface area (TPSA) is 87.0 Å². The number of carbonyl (C=O) groups is 1. The summed E-state index contributed by atoms with van der Waals surface area (Å²) in [5.74, 6) is -0.00396. The molecule has 5 rings (SSSR count). The summed E-state index contributed by atoms with van der Waals surface area (Å²) in [6.07, 6.45) is 3.62. The molecule has 1 aliphatic rings. The predicted octanol–water partition coefficient (Wildman–Crippen LogP) is 4.33. The van der Waals surface area contributed by atoms with E-state index in [1.807, 2.05) is 59.6 Å². The van der Waals surface area contributed by atoms with E-state index in [1.54, 1.807) is 0 Å². The van der Waals surface area contributed by atoms with E-state index in [9.17, 15) is 4.79 Å². The molecule has 4 N–H and O–H groups in total. The Bertz CT molecular complexity index is 1190. The van der Waals surface area contributed by atoms with Crippen LogP contribution >= 0.6 is 0 Å². The lowest BCUT2D eigenvalue weighted by Crippen LogP contribution is -2.45. The number of aromatic nitrogens is 2. The SMILES string of the molecule is NC(C(=O)N1CCC(Nc2ccc3[nH]ncc3c2)CC1)c1ccc(-c2ccccc2)cc1. The van der Waals surface area contributed by atoms with Crippen molar-refractivity contribution in [3.05, 3.63) is 84.6 Å². The van der Waals surface area contributed by atoms with Crippen molar-refractivity contribution in [1.82, 2.24) is 15.1 Å². The van der Waals surface area contributed by atoms with Gasteiger partial charge in [-0.25, -0.2) is 0 Å². The second-order valence-corrected chi connectivity index (χ2v) is 8.38. The Balaban J connectivity index is 1.17. The Labute approximate surface area is 187 Å². The fraction of sp³-hybridized carbons (Fsp3) is 0.231. The van der Waals surface area contributed by atoms with E-state index in [0.717, 1.165) is 46.1 Å². The summed E-state index contributed by atoms with van der Waals surface area (Å²) in [5.41, 5.74) is 11.6. The fourth-order valence-electron chi connectivity index (χ4n) is 4.37. The van der Waals surface area contributed by atoms with Gasteiger partial charge in [-0.2, -0.15) is 5.10 Å². The molecular weight excluding hydrogens is 398 g/mol. The summed E-state index contributed by atoms with van der Waals surface area (Å²) in [7, 11) is 0. The first-order chi connectivity index (χ1) is 15.7. The lowest BCUT2D eigenvalue weighted by atomic mass is 9.99. The highest BCUT2D eigenvalue weighted by molar-refractivity contribution is 5.84. The molecule has 32 heavy (non-hydrogen) atoms. The van der Waals surface area contributed by atoms with Crippen molar-refractivity contribution in [2.75, 3.05) is 18.4 Å². The molecule has 4 aromatic rings. The van der Waals surface area contributed by atoms with Gasteiger partial charge in [0.25, 0.3) is 0 Å². The van der Waals surface area contributed by atoms with E-state index in [4.69, 9.17) is 5.73 Å². The van der Waals surface area contributed by atoms with E-state index < -0.39 is 6.04 Å². The summed E-state index contributed by atoms with van der Waals surface area (Å²) in [4.78, 5) is 14.9. The summed E-state index contributed by atoms with van der Waals surface area (Å²) >= 11 is 0. The second-order valence-electron chi connectivity index (χ2n) is 8.38. The molecule has 1 aliphatic heterocycles. The normalized spacial score (nSPS) is 15.6. The number of hydrogen-bond donors (Lipinski definition) is 3. The first-order valence-corrected chi connectivity index (χ1v) is 11.1. The van der Waals surface area contributed by atoms with Gasteiger partial charge < -0.3 is 16.0 Å². The van der Waals surface area contributed by atoms with Crippen LogP contribution in [-0.2, 0) is 4.79 Å². The Morgan fingerprint density at radius 2 is 1.72 bits per heavy atom. The van der Waals surface area contributed by atoms with Gasteiger partial charge in [0.2, 0.25) is 5.91 Å². The van der Waals surface area contributed by atoms with E-state index in [2.05, 4.69) is 39.8 Å². The molecule has 0 bridgehead atoms. The van der Waals surface area contributed by atoms with E-state index in [0.29, 0.717) is 19.1 Å². The minimum atomic E-state index is -0.632. The van der Waals surface area contributed by atoms with Gasteiger partial charge in [0.1, 0.15) is 6.04 Å². The number of likely N-dealkylation sites (tertiary alicyclic amines) is 1. The van der Waals surface area contributed by atoms with Crippen molar-refractivity contribution in [3.8, 4) is 11.1 Å². The molecule has 1 aromatic heterocycles. The Hall–Kier alpha value is -3.64. The van der Waals surface area contributed by atoms with Crippen LogP contribution in [-0.4, -0.2) is 40.1 Å². The van der Waals surface area contributed by atoms with E-state index in [-0.39, 0.29) is 5.91 Å². The summed E-state index contributed by atoms with van der Waals surface area (Å²) in [6, 6.07) is 24.1. The van der Waals surface area contributed by atoms with Gasteiger partial charge in [-0.1, -0.05) is 54.6 Å². The summed E-state index contributed by atoms with van der Waals surface area (Å²) < 4.78 is 0. The molecule has 162 valence electrons. The van der Waals surface area contributed by atoms with Crippen LogP contribution in [0.15, 0.2) is 79.0 Å². The maximum absolute atomic E-state index is 13.0. The highest BCUT2D eigenvalue weighted by Gasteiger charge is 2.27. The average molecular weight is 426 g/mol. The Kier molecular flexibility index (Phi) is 5.60. The van der Waals surface area contributed by atoms with Gasteiger partial charge in [-0.05, 0) is 47.7 Å². The first kappa shape index (κ1) is 20.3. The third kappa shape index (κ3) is 4.22. The lowest BCUT2D eigenvalue weighted by molar-refractivity contribution is -0.133. The number of rotatable bonds is 5. The highest BCUT2D eigenvalue weighted by atomic mass is 16.2. The minimum absolute atomic E-state index is 0.00396. The number of anilines is 1. The number of hydrogen-bond acceptors (Lipinski definition) is 4. The molecule has 1 amide bonds. The maximum Gasteiger partial charge on any atom is 0.244 e. The standard InChI is InChI=1S/C26H27N5O/c27-25(20-8-6-19(7-9-20)18-4-2-1-3-5-18)26(32)31-14-12-22(13-15-31)29-23-10-11-24-21(16-23)17-28-30-24/h1-11,16-17,22,25,29H,12-15,27H2,(H,28,30). The number of carbonyl (C=O) groups excluding carboxylic acids is 1. The number of aromatic amines is 1. The van der Waals surface area contributed by atoms with Crippen LogP contribution in [0.25, 0.3) is 22.0 Å². The van der Waals surface area contributed by atoms with Crippen molar-refractivity contribution in [2.24, 2.45) is 5.73 Å². The quantitative estimate of drug-likeness (QED) is 0.444. The summed E-state index contributed by atoms with van der Waals surface area (Å²) in [5, 5.41) is 11.7. The number of benzene rings is 3. The zero-order valence-electron chi connectivity index (χ0n) is 17.9. The molecule has 6 heteroatoms. The molecule has 1 saturated heterocycles. The number of nitrogens with one attached hydrogen (secondary N) is 2. The number of H-pyrrole nitrogens is 1. The van der Waals surface area contributed by atoms with Gasteiger partial charge in [0.15, 0.2) is 0 Å². The molecule has 1 unspecified atom stereocenters. The van der Waals surface area contributed by atoms with Crippen LogP contribution in [0.5, 0.6) is 0 Å². The van der Waals surface area contributed by atoms with Crippen LogP contribution in [0.4, 0.5) is 5.69 Å². The van der Waals surface area contributed by atoms with Gasteiger partial charge in [0.05, 0.1) is 11.7 Å². The molecule has 1 atom stereocenters. The molecule has 1 fully saturated rings. The van der Waals surface area contributed by atoms with E-state index >= 15 is 0 Å². The number of piperidine rings is 1. The molecule has 0 radical (unpaired) electrons. The van der Waals surface area contributed by atoms with Gasteiger partial charge in [0, 0.05) is 30.2 Å². The maximum atomic E-state index is 13.0. The molecule has 6 nitrogen and oxygen atoms in total. The predicted molar refractivity (Wildman–Crippen MR) is 128 cm³/mol. The van der Waals surface area contributed by atoms with Crippen molar-refractivity contribution >= 4 is 22.5 Å². The first-order valence-electron chi connectivity index (χ1n) is 11.1. The lowest BCUT2D eigenvalue weighted by Gasteiger charge is -2.34.